The largest absolute Gasteiger partial charge is 0.234 e. The lowest BCUT2D eigenvalue weighted by Gasteiger charge is -1.93. The van der Waals surface area contributed by atoms with Crippen LogP contribution in [-0.4, -0.2) is 4.98 Å². The van der Waals surface area contributed by atoms with Crippen LogP contribution in [0.4, 0.5) is 0 Å². The molecule has 0 aliphatic carbocycles. The minimum atomic E-state index is 0.847. The van der Waals surface area contributed by atoms with E-state index in [1.54, 1.807) is 11.3 Å². The van der Waals surface area contributed by atoms with E-state index >= 15 is 0 Å². The number of rotatable bonds is 2. The molecule has 0 saturated carbocycles. The number of hydrogen-bond donors (Lipinski definition) is 0. The Kier molecular flexibility index (Phi) is 2.61. The molecular formula is C14H13N2S+. The predicted molar refractivity (Wildman–Crippen MR) is 70.1 cm³/mol. The first kappa shape index (κ1) is 10.4. The van der Waals surface area contributed by atoms with E-state index in [0.717, 1.165) is 17.1 Å². The zero-order valence-corrected chi connectivity index (χ0v) is 10.4. The van der Waals surface area contributed by atoms with Crippen molar-refractivity contribution in [3.05, 3.63) is 59.4 Å². The molecule has 0 radical (unpaired) electrons. The molecular weight excluding hydrogens is 228 g/mol. The van der Waals surface area contributed by atoms with E-state index in [-0.39, 0.29) is 0 Å². The average molecular weight is 241 g/mol. The highest BCUT2D eigenvalue weighted by molar-refractivity contribution is 7.18. The van der Waals surface area contributed by atoms with Crippen molar-refractivity contribution in [1.82, 2.24) is 4.98 Å². The summed E-state index contributed by atoms with van der Waals surface area (Å²) in [5, 5.41) is 1.15. The highest BCUT2D eigenvalue weighted by Gasteiger charge is 2.07. The van der Waals surface area contributed by atoms with Crippen molar-refractivity contribution in [3.63, 3.8) is 0 Å². The van der Waals surface area contributed by atoms with E-state index < -0.39 is 0 Å². The maximum Gasteiger partial charge on any atom is 0.199 e. The summed E-state index contributed by atoms with van der Waals surface area (Å²) in [6.07, 6.45) is 4.20. The average Bonchev–Trinajstić information content (AvgIpc) is 2.74. The molecule has 0 aliphatic rings. The Bertz CT molecular complexity index is 608. The topological polar surface area (TPSA) is 16.8 Å². The van der Waals surface area contributed by atoms with E-state index in [1.165, 1.54) is 10.3 Å². The highest BCUT2D eigenvalue weighted by atomic mass is 32.1. The maximum atomic E-state index is 4.63. The number of fused-ring (bicyclic) bond motifs is 1. The number of aryl methyl sites for hydroxylation is 1. The van der Waals surface area contributed by atoms with Crippen molar-refractivity contribution in [3.8, 4) is 0 Å². The van der Waals surface area contributed by atoms with Crippen molar-refractivity contribution in [1.29, 1.82) is 0 Å². The number of para-hydroxylation sites is 1. The lowest BCUT2D eigenvalue weighted by Crippen LogP contribution is -2.32. The third-order valence-corrected chi connectivity index (χ3v) is 3.73. The van der Waals surface area contributed by atoms with Crippen LogP contribution in [0, 0.1) is 6.92 Å². The Morgan fingerprint density at radius 3 is 2.65 bits per heavy atom. The SMILES string of the molecule is Cc1cc[n+](Cc2nc3ccccc3s2)cc1. The Morgan fingerprint density at radius 2 is 1.88 bits per heavy atom. The first-order valence-corrected chi connectivity index (χ1v) is 6.43. The lowest BCUT2D eigenvalue weighted by atomic mass is 10.3. The molecule has 0 unspecified atom stereocenters. The van der Waals surface area contributed by atoms with Crippen LogP contribution >= 0.6 is 11.3 Å². The van der Waals surface area contributed by atoms with Gasteiger partial charge in [0.2, 0.25) is 0 Å². The minimum Gasteiger partial charge on any atom is -0.234 e. The molecule has 1 aromatic carbocycles. The molecule has 0 atom stereocenters. The lowest BCUT2D eigenvalue weighted by molar-refractivity contribution is -0.688. The van der Waals surface area contributed by atoms with Gasteiger partial charge in [-0.1, -0.05) is 12.1 Å². The van der Waals surface area contributed by atoms with Gasteiger partial charge < -0.3 is 0 Å². The van der Waals surface area contributed by atoms with Gasteiger partial charge in [-0.15, -0.1) is 11.3 Å². The zero-order valence-electron chi connectivity index (χ0n) is 9.63. The van der Waals surface area contributed by atoms with Gasteiger partial charge >= 0.3 is 0 Å². The summed E-state index contributed by atoms with van der Waals surface area (Å²) >= 11 is 1.76. The van der Waals surface area contributed by atoms with Crippen molar-refractivity contribution in [2.45, 2.75) is 13.5 Å². The molecule has 84 valence electrons. The fraction of sp³-hybridized carbons (Fsp3) is 0.143. The minimum absolute atomic E-state index is 0.847. The zero-order chi connectivity index (χ0) is 11.7. The van der Waals surface area contributed by atoms with Crippen LogP contribution in [0.2, 0.25) is 0 Å². The van der Waals surface area contributed by atoms with Gasteiger partial charge in [0.1, 0.15) is 0 Å². The molecule has 0 N–H and O–H groups in total. The molecule has 2 heterocycles. The van der Waals surface area contributed by atoms with E-state index in [0.29, 0.717) is 0 Å². The molecule has 0 aliphatic heterocycles. The van der Waals surface area contributed by atoms with E-state index in [4.69, 9.17) is 0 Å². The molecule has 3 heteroatoms. The van der Waals surface area contributed by atoms with Gasteiger partial charge in [0, 0.05) is 12.1 Å². The van der Waals surface area contributed by atoms with Crippen LogP contribution in [0.15, 0.2) is 48.8 Å². The van der Waals surface area contributed by atoms with Crippen molar-refractivity contribution >= 4 is 21.6 Å². The molecule has 3 rings (SSSR count). The smallest absolute Gasteiger partial charge is 0.199 e. The molecule has 2 nitrogen and oxygen atoms in total. The number of pyridine rings is 1. The van der Waals surface area contributed by atoms with Gasteiger partial charge in [-0.05, 0) is 24.6 Å². The first-order chi connectivity index (χ1) is 8.31. The standard InChI is InChI=1S/C14H13N2S/c1-11-6-8-16(9-7-11)10-14-15-12-4-2-3-5-13(12)17-14/h2-9H,10H2,1H3/q+1. The van der Waals surface area contributed by atoms with Crippen LogP contribution in [0.1, 0.15) is 10.6 Å². The Hall–Kier alpha value is -1.74. The Morgan fingerprint density at radius 1 is 1.12 bits per heavy atom. The van der Waals surface area contributed by atoms with Crippen molar-refractivity contribution in [2.75, 3.05) is 0 Å². The number of thiazole rings is 1. The summed E-state index contributed by atoms with van der Waals surface area (Å²) in [7, 11) is 0. The molecule has 0 saturated heterocycles. The van der Waals surface area contributed by atoms with Gasteiger partial charge in [-0.2, -0.15) is 4.57 Å². The Labute approximate surface area is 104 Å². The predicted octanol–water partition coefficient (Wildman–Crippen LogP) is 2.94. The summed E-state index contributed by atoms with van der Waals surface area (Å²) in [6, 6.07) is 12.5. The van der Waals surface area contributed by atoms with Gasteiger partial charge in [0.15, 0.2) is 23.9 Å². The first-order valence-electron chi connectivity index (χ1n) is 5.61. The van der Waals surface area contributed by atoms with Crippen LogP contribution in [0.25, 0.3) is 10.2 Å². The number of aromatic nitrogens is 2. The highest BCUT2D eigenvalue weighted by Crippen LogP contribution is 2.21. The van der Waals surface area contributed by atoms with E-state index in [9.17, 15) is 0 Å². The molecule has 0 spiro atoms. The molecule has 0 fully saturated rings. The van der Waals surface area contributed by atoms with E-state index in [1.807, 2.05) is 6.07 Å². The van der Waals surface area contributed by atoms with E-state index in [2.05, 4.69) is 59.2 Å². The monoisotopic (exact) mass is 241 g/mol. The second-order valence-corrected chi connectivity index (χ2v) is 5.24. The second-order valence-electron chi connectivity index (χ2n) is 4.12. The molecule has 17 heavy (non-hydrogen) atoms. The molecule has 3 aromatic rings. The number of hydrogen-bond acceptors (Lipinski definition) is 2. The van der Waals surface area contributed by atoms with Crippen LogP contribution in [-0.2, 0) is 6.54 Å². The summed E-state index contributed by atoms with van der Waals surface area (Å²) in [6.45, 7) is 2.95. The fourth-order valence-corrected chi connectivity index (χ4v) is 2.76. The summed E-state index contributed by atoms with van der Waals surface area (Å²) in [4.78, 5) is 4.63. The van der Waals surface area contributed by atoms with Gasteiger partial charge in [-0.25, -0.2) is 4.98 Å². The number of nitrogens with zero attached hydrogens (tertiary/aromatic N) is 2. The third-order valence-electron chi connectivity index (χ3n) is 2.71. The summed E-state index contributed by atoms with van der Waals surface area (Å²) < 4.78 is 3.42. The second kappa shape index (κ2) is 4.26. The van der Waals surface area contributed by atoms with Gasteiger partial charge in [0.05, 0.1) is 10.2 Å². The Balaban J connectivity index is 1.92. The summed E-state index contributed by atoms with van der Waals surface area (Å²) in [5.41, 5.74) is 2.38. The maximum absolute atomic E-state index is 4.63. The van der Waals surface area contributed by atoms with Crippen LogP contribution in [0.5, 0.6) is 0 Å². The van der Waals surface area contributed by atoms with Crippen molar-refractivity contribution < 1.29 is 4.57 Å². The van der Waals surface area contributed by atoms with Crippen LogP contribution in [0.3, 0.4) is 0 Å². The quantitative estimate of drug-likeness (QED) is 0.630. The van der Waals surface area contributed by atoms with Crippen molar-refractivity contribution in [2.24, 2.45) is 0 Å². The molecule has 0 bridgehead atoms. The third kappa shape index (κ3) is 2.19. The van der Waals surface area contributed by atoms with Gasteiger partial charge in [-0.3, -0.25) is 0 Å². The normalized spacial score (nSPS) is 10.9. The molecule has 0 amide bonds. The number of benzene rings is 1. The fourth-order valence-electron chi connectivity index (χ4n) is 1.78. The van der Waals surface area contributed by atoms with Gasteiger partial charge in [0.25, 0.3) is 0 Å². The molecule has 2 aromatic heterocycles. The van der Waals surface area contributed by atoms with Crippen LogP contribution < -0.4 is 4.57 Å². The summed E-state index contributed by atoms with van der Waals surface area (Å²) in [5.74, 6) is 0.